The van der Waals surface area contributed by atoms with E-state index in [0.29, 0.717) is 39.3 Å². The smallest absolute Gasteiger partial charge is 0.340 e. The predicted octanol–water partition coefficient (Wildman–Crippen LogP) is 1.76. The van der Waals surface area contributed by atoms with Gasteiger partial charge in [-0.3, -0.25) is 19.8 Å². The standard InChI is InChI=1S/C34H42Br2N6O8/c35-23-11-25(17-37-15-23)41-27(19-39-1-5-47-6-2-39)9-21-13-33(21,41)49-31(45)29(43)30(44)32(46)50-34-14-22(34)10-28(20-40-3-7-48-8-4-40)42(34)26-12-24(36)16-38-18-26/h11-12,15-18,21-22,27-30,43-44H,1-10,13-14,19-20H2. The number of fused-ring (bicyclic) bond motifs is 2. The van der Waals surface area contributed by atoms with E-state index in [1.807, 2.05) is 12.1 Å². The summed E-state index contributed by atoms with van der Waals surface area (Å²) in [7, 11) is 0. The number of halogens is 2. The number of anilines is 2. The van der Waals surface area contributed by atoms with Crippen LogP contribution in [0.3, 0.4) is 0 Å². The summed E-state index contributed by atoms with van der Waals surface area (Å²) in [6.07, 6.45) is 5.33. The maximum absolute atomic E-state index is 13.6. The summed E-state index contributed by atoms with van der Waals surface area (Å²) >= 11 is 7.03. The van der Waals surface area contributed by atoms with Crippen LogP contribution in [0.4, 0.5) is 11.4 Å². The molecule has 0 amide bonds. The lowest BCUT2D eigenvalue weighted by molar-refractivity contribution is -0.181. The normalized spacial score (nSPS) is 33.4. The van der Waals surface area contributed by atoms with E-state index in [4.69, 9.17) is 18.9 Å². The molecule has 2 N–H and O–H groups in total. The first kappa shape index (κ1) is 34.6. The molecule has 2 aromatic rings. The highest BCUT2D eigenvalue weighted by atomic mass is 79.9. The zero-order valence-corrected chi connectivity index (χ0v) is 30.8. The van der Waals surface area contributed by atoms with Crippen LogP contribution in [0.5, 0.6) is 0 Å². The molecule has 2 aliphatic carbocycles. The van der Waals surface area contributed by atoms with Gasteiger partial charge in [0.05, 0.1) is 50.2 Å². The van der Waals surface area contributed by atoms with Crippen LogP contribution in [-0.2, 0) is 28.5 Å². The summed E-state index contributed by atoms with van der Waals surface area (Å²) in [5.41, 5.74) is -0.448. The molecule has 270 valence electrons. The Hall–Kier alpha value is -2.44. The molecule has 50 heavy (non-hydrogen) atoms. The molecule has 4 aliphatic heterocycles. The third kappa shape index (κ3) is 6.55. The van der Waals surface area contributed by atoms with Gasteiger partial charge in [0.1, 0.15) is 0 Å². The number of aliphatic hydroxyl groups is 2. The van der Waals surface area contributed by atoms with E-state index in [-0.39, 0.29) is 23.9 Å². The van der Waals surface area contributed by atoms with Crippen LogP contribution < -0.4 is 9.80 Å². The molecule has 6 fully saturated rings. The van der Waals surface area contributed by atoms with Gasteiger partial charge >= 0.3 is 11.9 Å². The van der Waals surface area contributed by atoms with Gasteiger partial charge in [-0.2, -0.15) is 0 Å². The minimum Gasteiger partial charge on any atom is -0.437 e. The van der Waals surface area contributed by atoms with Crippen LogP contribution in [0.1, 0.15) is 25.7 Å². The first-order chi connectivity index (χ1) is 24.2. The van der Waals surface area contributed by atoms with Gasteiger partial charge in [-0.25, -0.2) is 9.59 Å². The molecule has 8 unspecified atom stereocenters. The molecule has 8 rings (SSSR count). The molecular formula is C34H42Br2N6O8. The van der Waals surface area contributed by atoms with E-state index < -0.39 is 35.6 Å². The number of ether oxygens (including phenoxy) is 4. The number of nitrogens with zero attached hydrogens (tertiary/aromatic N) is 6. The number of aliphatic hydroxyl groups excluding tert-OH is 2. The molecule has 2 saturated carbocycles. The van der Waals surface area contributed by atoms with Crippen molar-refractivity contribution in [3.8, 4) is 0 Å². The summed E-state index contributed by atoms with van der Waals surface area (Å²) in [6, 6.07) is 3.92. The van der Waals surface area contributed by atoms with Crippen LogP contribution >= 0.6 is 31.9 Å². The number of rotatable bonds is 11. The Bertz CT molecular complexity index is 1480. The van der Waals surface area contributed by atoms with Crippen LogP contribution in [0.15, 0.2) is 45.9 Å². The van der Waals surface area contributed by atoms with Crippen molar-refractivity contribution in [1.29, 1.82) is 0 Å². The number of esters is 2. The number of carbonyl (C=O) groups excluding carboxylic acids is 2. The summed E-state index contributed by atoms with van der Waals surface area (Å²) in [5, 5.41) is 22.2. The van der Waals surface area contributed by atoms with Crippen molar-refractivity contribution in [3.05, 3.63) is 45.9 Å². The average molecular weight is 823 g/mol. The van der Waals surface area contributed by atoms with Crippen molar-refractivity contribution in [1.82, 2.24) is 19.8 Å². The minimum absolute atomic E-state index is 0.0277. The summed E-state index contributed by atoms with van der Waals surface area (Å²) in [5.74, 6) is -2.06. The van der Waals surface area contributed by atoms with E-state index in [0.717, 1.165) is 72.4 Å². The van der Waals surface area contributed by atoms with Crippen molar-refractivity contribution < 1.29 is 38.7 Å². The monoisotopic (exact) mass is 820 g/mol. The lowest BCUT2D eigenvalue weighted by Gasteiger charge is -2.39. The first-order valence-electron chi connectivity index (χ1n) is 17.4. The lowest BCUT2D eigenvalue weighted by Crippen LogP contribution is -2.53. The topological polar surface area (TPSA) is 150 Å². The fourth-order valence-corrected chi connectivity index (χ4v) is 9.38. The van der Waals surface area contributed by atoms with Crippen molar-refractivity contribution in [2.24, 2.45) is 11.8 Å². The maximum Gasteiger partial charge on any atom is 0.340 e. The van der Waals surface area contributed by atoms with Crippen molar-refractivity contribution >= 4 is 55.2 Å². The molecule has 0 radical (unpaired) electrons. The third-order valence-corrected chi connectivity index (χ3v) is 12.0. The molecule has 6 aliphatic rings. The van der Waals surface area contributed by atoms with Crippen molar-refractivity contribution in [2.45, 2.75) is 61.4 Å². The molecule has 14 nitrogen and oxygen atoms in total. The van der Waals surface area contributed by atoms with Gasteiger partial charge in [-0.1, -0.05) is 0 Å². The first-order valence-corrected chi connectivity index (χ1v) is 19.0. The Balaban J connectivity index is 0.967. The third-order valence-electron chi connectivity index (χ3n) is 11.1. The van der Waals surface area contributed by atoms with Gasteiger partial charge < -0.3 is 39.0 Å². The largest absolute Gasteiger partial charge is 0.437 e. The van der Waals surface area contributed by atoms with Crippen molar-refractivity contribution in [3.63, 3.8) is 0 Å². The van der Waals surface area contributed by atoms with Gasteiger partial charge in [0.15, 0.2) is 23.7 Å². The molecular weight excluding hydrogens is 780 g/mol. The number of aromatic nitrogens is 2. The number of pyridine rings is 2. The molecule has 0 spiro atoms. The molecule has 6 heterocycles. The van der Waals surface area contributed by atoms with Crippen molar-refractivity contribution in [2.75, 3.05) is 75.5 Å². The molecule has 8 atom stereocenters. The lowest BCUT2D eigenvalue weighted by atomic mass is 10.1. The molecule has 16 heteroatoms. The summed E-state index contributed by atoms with van der Waals surface area (Å²) in [6.45, 7) is 7.45. The highest BCUT2D eigenvalue weighted by Crippen LogP contribution is 2.61. The number of piperidine rings is 2. The Morgan fingerprint density at radius 3 is 1.52 bits per heavy atom. The van der Waals surface area contributed by atoms with Gasteiger partial charge in [-0.05, 0) is 56.8 Å². The molecule has 0 bridgehead atoms. The fourth-order valence-electron chi connectivity index (χ4n) is 8.67. The van der Waals surface area contributed by atoms with Crippen LogP contribution in [-0.4, -0.2) is 143 Å². The molecule has 4 saturated heterocycles. The van der Waals surface area contributed by atoms with Gasteiger partial charge in [0, 0.05) is 97.4 Å². The number of hydrogen-bond donors (Lipinski definition) is 2. The number of carbonyl (C=O) groups is 2. The van der Waals surface area contributed by atoms with Crippen LogP contribution in [0, 0.1) is 11.8 Å². The van der Waals surface area contributed by atoms with E-state index in [2.05, 4.69) is 61.4 Å². The van der Waals surface area contributed by atoms with E-state index >= 15 is 0 Å². The summed E-state index contributed by atoms with van der Waals surface area (Å²) in [4.78, 5) is 44.7. The minimum atomic E-state index is -2.13. The average Bonchev–Trinajstić information content (AvgIpc) is 3.92. The quantitative estimate of drug-likeness (QED) is 0.317. The second kappa shape index (κ2) is 13.8. The van der Waals surface area contributed by atoms with Gasteiger partial charge in [0.2, 0.25) is 0 Å². The zero-order chi connectivity index (χ0) is 34.6. The Morgan fingerprint density at radius 1 is 0.740 bits per heavy atom. The highest BCUT2D eigenvalue weighted by Gasteiger charge is 2.71. The van der Waals surface area contributed by atoms with E-state index in [1.165, 1.54) is 0 Å². The van der Waals surface area contributed by atoms with E-state index in [1.54, 1.807) is 24.8 Å². The van der Waals surface area contributed by atoms with Crippen LogP contribution in [0.2, 0.25) is 0 Å². The number of hydrogen-bond acceptors (Lipinski definition) is 14. The SMILES string of the molecule is O=C(OC12CC1CC(CN1CCOCC1)N2c1cncc(Br)c1)C(O)C(O)C(=O)OC12CC1CC(CN1CCOCC1)N2c1cncc(Br)c1. The Morgan fingerprint density at radius 2 is 1.14 bits per heavy atom. The Kier molecular flexibility index (Phi) is 9.59. The zero-order valence-electron chi connectivity index (χ0n) is 27.6. The van der Waals surface area contributed by atoms with Gasteiger partial charge in [-0.15, -0.1) is 0 Å². The second-order valence-electron chi connectivity index (χ2n) is 14.3. The molecule has 2 aromatic heterocycles. The summed E-state index contributed by atoms with van der Waals surface area (Å²) < 4.78 is 24.8. The molecule has 0 aromatic carbocycles. The predicted molar refractivity (Wildman–Crippen MR) is 186 cm³/mol. The van der Waals surface area contributed by atoms with E-state index in [9.17, 15) is 19.8 Å². The Labute approximate surface area is 307 Å². The number of morpholine rings is 2. The maximum atomic E-state index is 13.6. The van der Waals surface area contributed by atoms with Gasteiger partial charge in [0.25, 0.3) is 0 Å². The fraction of sp³-hybridized carbons (Fsp3) is 0.647. The highest BCUT2D eigenvalue weighted by molar-refractivity contribution is 9.10. The second-order valence-corrected chi connectivity index (χ2v) is 16.1. The van der Waals surface area contributed by atoms with Crippen LogP contribution in [0.25, 0.3) is 0 Å².